The summed E-state index contributed by atoms with van der Waals surface area (Å²) in [6.45, 7) is 4.92. The third kappa shape index (κ3) is 2.86. The number of carbonyl (C=O) groups excluding carboxylic acids is 3. The Hall–Kier alpha value is -1.53. The first kappa shape index (κ1) is 20.7. The Kier molecular flexibility index (Phi) is 4.82. The fourth-order valence-electron chi connectivity index (χ4n) is 7.44. The number of allylic oxidation sites excluding steroid dienone is 1. The van der Waals surface area contributed by atoms with Crippen LogP contribution in [0.15, 0.2) is 11.6 Å². The van der Waals surface area contributed by atoms with E-state index in [2.05, 4.69) is 6.92 Å². The minimum absolute atomic E-state index is 0.0413. The molecular weight excluding hydrogens is 372 g/mol. The fourth-order valence-corrected chi connectivity index (χ4v) is 7.44. The van der Waals surface area contributed by atoms with Gasteiger partial charge >= 0.3 is 5.97 Å². The van der Waals surface area contributed by atoms with Crippen molar-refractivity contribution >= 4 is 17.5 Å². The molecular formula is C23H32O6. The van der Waals surface area contributed by atoms with Gasteiger partial charge in [-0.25, -0.2) is 0 Å². The number of fused-ring (bicyclic) bond motifs is 5. The molecule has 2 N–H and O–H groups in total. The van der Waals surface area contributed by atoms with Gasteiger partial charge in [0.25, 0.3) is 0 Å². The fraction of sp³-hybridized carbons (Fsp3) is 0.783. The third-order valence-corrected chi connectivity index (χ3v) is 8.92. The van der Waals surface area contributed by atoms with Crippen molar-refractivity contribution < 1.29 is 29.3 Å². The number of aliphatic hydroxyl groups excluding tert-OH is 1. The maximum atomic E-state index is 12.9. The molecule has 4 aliphatic rings. The zero-order chi connectivity index (χ0) is 21.2. The molecule has 4 rings (SSSR count). The molecule has 0 heterocycles. The number of ketones is 2. The molecule has 4 aliphatic carbocycles. The van der Waals surface area contributed by atoms with E-state index >= 15 is 0 Å². The molecule has 0 spiro atoms. The normalized spacial score (nSPS) is 46.2. The first-order valence-corrected chi connectivity index (χ1v) is 10.8. The zero-order valence-corrected chi connectivity index (χ0v) is 17.6. The van der Waals surface area contributed by atoms with Gasteiger partial charge in [-0.3, -0.25) is 14.4 Å². The highest BCUT2D eigenvalue weighted by Crippen LogP contribution is 2.67. The van der Waals surface area contributed by atoms with Gasteiger partial charge in [-0.2, -0.15) is 0 Å². The average molecular weight is 405 g/mol. The van der Waals surface area contributed by atoms with E-state index in [1.54, 1.807) is 6.08 Å². The Balaban J connectivity index is 1.65. The minimum Gasteiger partial charge on any atom is -0.458 e. The number of hydrogen-bond donors (Lipinski definition) is 2. The maximum absolute atomic E-state index is 12.9. The van der Waals surface area contributed by atoms with Crippen LogP contribution in [-0.2, 0) is 19.1 Å². The summed E-state index contributed by atoms with van der Waals surface area (Å²) in [6, 6.07) is 0. The summed E-state index contributed by atoms with van der Waals surface area (Å²) in [6.07, 6.45) is 5.54. The first-order chi connectivity index (χ1) is 13.5. The van der Waals surface area contributed by atoms with Crippen molar-refractivity contribution in [3.63, 3.8) is 0 Å². The van der Waals surface area contributed by atoms with Crippen molar-refractivity contribution in [3.05, 3.63) is 11.6 Å². The van der Waals surface area contributed by atoms with Gasteiger partial charge in [-0.1, -0.05) is 19.4 Å². The van der Waals surface area contributed by atoms with Crippen LogP contribution < -0.4 is 0 Å². The number of esters is 1. The van der Waals surface area contributed by atoms with E-state index in [1.165, 1.54) is 6.92 Å². The van der Waals surface area contributed by atoms with Crippen LogP contribution in [0.3, 0.4) is 0 Å². The van der Waals surface area contributed by atoms with Gasteiger partial charge in [-0.15, -0.1) is 0 Å². The molecule has 0 amide bonds. The maximum Gasteiger partial charge on any atom is 0.303 e. The zero-order valence-electron chi connectivity index (χ0n) is 17.6. The second-order valence-corrected chi connectivity index (χ2v) is 10.2. The SMILES string of the molecule is CC(=O)OCC(=O)[C@@]1(O)CCC2C3CCC4=CC(=O)CC[C@]4(C)C3C(O)C[C@@]21C. The van der Waals surface area contributed by atoms with E-state index < -0.39 is 35.5 Å². The summed E-state index contributed by atoms with van der Waals surface area (Å²) in [5.41, 5.74) is -1.36. The predicted octanol–water partition coefficient (Wildman–Crippen LogP) is 2.35. The van der Waals surface area contributed by atoms with Crippen LogP contribution in [0, 0.1) is 28.6 Å². The summed E-state index contributed by atoms with van der Waals surface area (Å²) >= 11 is 0. The van der Waals surface area contributed by atoms with Gasteiger partial charge in [0, 0.05) is 18.8 Å². The van der Waals surface area contributed by atoms with Crippen molar-refractivity contribution in [2.75, 3.05) is 6.61 Å². The Morgan fingerprint density at radius 3 is 2.62 bits per heavy atom. The second kappa shape index (κ2) is 6.74. The molecule has 6 nitrogen and oxygen atoms in total. The molecule has 3 saturated carbocycles. The molecule has 6 heteroatoms. The summed E-state index contributed by atoms with van der Waals surface area (Å²) in [5, 5.41) is 22.8. The monoisotopic (exact) mass is 404 g/mol. The molecule has 0 aromatic heterocycles. The van der Waals surface area contributed by atoms with Crippen LogP contribution in [0.4, 0.5) is 0 Å². The van der Waals surface area contributed by atoms with Crippen molar-refractivity contribution in [1.82, 2.24) is 0 Å². The molecule has 29 heavy (non-hydrogen) atoms. The van der Waals surface area contributed by atoms with Gasteiger partial charge in [0.2, 0.25) is 5.78 Å². The van der Waals surface area contributed by atoms with Crippen molar-refractivity contribution in [1.29, 1.82) is 0 Å². The van der Waals surface area contributed by atoms with Crippen molar-refractivity contribution in [2.45, 2.75) is 77.4 Å². The smallest absolute Gasteiger partial charge is 0.303 e. The van der Waals surface area contributed by atoms with Gasteiger partial charge in [0.05, 0.1) is 6.10 Å². The van der Waals surface area contributed by atoms with Crippen molar-refractivity contribution in [2.24, 2.45) is 28.6 Å². The second-order valence-electron chi connectivity index (χ2n) is 10.2. The summed E-state index contributed by atoms with van der Waals surface area (Å²) < 4.78 is 4.89. The van der Waals surface area contributed by atoms with E-state index in [9.17, 15) is 24.6 Å². The molecule has 4 unspecified atom stereocenters. The Morgan fingerprint density at radius 2 is 1.93 bits per heavy atom. The lowest BCUT2D eigenvalue weighted by Gasteiger charge is -2.60. The lowest BCUT2D eigenvalue weighted by molar-refractivity contribution is -0.184. The van der Waals surface area contributed by atoms with Crippen LogP contribution in [0.1, 0.15) is 65.7 Å². The number of ether oxygens (including phenoxy) is 1. The molecule has 0 aliphatic heterocycles. The van der Waals surface area contributed by atoms with E-state index in [4.69, 9.17) is 4.74 Å². The van der Waals surface area contributed by atoms with E-state index in [-0.39, 0.29) is 29.0 Å². The summed E-state index contributed by atoms with van der Waals surface area (Å²) in [5.74, 6) is -0.462. The van der Waals surface area contributed by atoms with Gasteiger partial charge < -0.3 is 14.9 Å². The largest absolute Gasteiger partial charge is 0.458 e. The van der Waals surface area contributed by atoms with Crippen LogP contribution in [0.25, 0.3) is 0 Å². The van der Waals surface area contributed by atoms with E-state index in [1.807, 2.05) is 6.92 Å². The summed E-state index contributed by atoms with van der Waals surface area (Å²) in [4.78, 5) is 36.0. The highest BCUT2D eigenvalue weighted by Gasteiger charge is 2.68. The van der Waals surface area contributed by atoms with Crippen LogP contribution in [0.2, 0.25) is 0 Å². The molecule has 0 aromatic rings. The Morgan fingerprint density at radius 1 is 1.21 bits per heavy atom. The minimum atomic E-state index is -1.58. The lowest BCUT2D eigenvalue weighted by atomic mass is 9.45. The Bertz CT molecular complexity index is 786. The topological polar surface area (TPSA) is 101 Å². The number of aliphatic hydroxyl groups is 2. The molecule has 0 radical (unpaired) electrons. The molecule has 3 fully saturated rings. The average Bonchev–Trinajstić information content (AvgIpc) is 2.91. The van der Waals surface area contributed by atoms with Gasteiger partial charge in [-0.05, 0) is 67.8 Å². The standard InChI is InChI=1S/C23H32O6/c1-13(24)29-12-19(27)23(28)9-7-17-16-5-4-14-10-15(25)6-8-21(14,2)20(16)18(26)11-22(17,23)3/h10,16-18,20,26,28H,4-9,11-12H2,1-3H3/t16?,17?,18?,20?,21-,22-,23-/m0/s1. The number of carbonyl (C=O) groups is 3. The predicted molar refractivity (Wildman–Crippen MR) is 105 cm³/mol. The summed E-state index contributed by atoms with van der Waals surface area (Å²) in [7, 11) is 0. The molecule has 0 aromatic carbocycles. The van der Waals surface area contributed by atoms with Crippen LogP contribution in [0.5, 0.6) is 0 Å². The molecule has 0 saturated heterocycles. The van der Waals surface area contributed by atoms with Crippen LogP contribution >= 0.6 is 0 Å². The lowest BCUT2D eigenvalue weighted by Crippen LogP contribution is -2.62. The number of Topliss-reactive ketones (excluding diaryl/α,β-unsaturated/α-hetero) is 1. The van der Waals surface area contributed by atoms with E-state index in [0.717, 1.165) is 31.3 Å². The third-order valence-electron chi connectivity index (χ3n) is 8.92. The van der Waals surface area contributed by atoms with E-state index in [0.29, 0.717) is 19.3 Å². The van der Waals surface area contributed by atoms with Crippen LogP contribution in [-0.4, -0.2) is 46.1 Å². The number of hydrogen-bond acceptors (Lipinski definition) is 6. The molecule has 160 valence electrons. The highest BCUT2D eigenvalue weighted by atomic mass is 16.5. The highest BCUT2D eigenvalue weighted by molar-refractivity contribution is 5.92. The molecule has 0 bridgehead atoms. The Labute approximate surface area is 171 Å². The van der Waals surface area contributed by atoms with Crippen molar-refractivity contribution in [3.8, 4) is 0 Å². The van der Waals surface area contributed by atoms with Gasteiger partial charge in [0.1, 0.15) is 5.60 Å². The quantitative estimate of drug-likeness (QED) is 0.701. The van der Waals surface area contributed by atoms with Gasteiger partial charge in [0.15, 0.2) is 12.4 Å². The molecule has 7 atom stereocenters. The first-order valence-electron chi connectivity index (χ1n) is 10.8. The number of rotatable bonds is 3.